The van der Waals surface area contributed by atoms with Gasteiger partial charge in [-0.05, 0) is 41.5 Å². The lowest BCUT2D eigenvalue weighted by Crippen LogP contribution is -2.29. The van der Waals surface area contributed by atoms with Crippen molar-refractivity contribution in [2.75, 3.05) is 7.11 Å². The topological polar surface area (TPSA) is 79.7 Å². The van der Waals surface area contributed by atoms with E-state index >= 15 is 0 Å². The molecule has 1 aliphatic rings. The van der Waals surface area contributed by atoms with E-state index in [9.17, 15) is 14.7 Å². The molecule has 4 rings (SSSR count). The van der Waals surface area contributed by atoms with Crippen molar-refractivity contribution in [3.05, 3.63) is 100 Å². The number of aromatic nitrogens is 1. The van der Waals surface area contributed by atoms with Gasteiger partial charge in [-0.25, -0.2) is 0 Å². The number of hydrogen-bond donors (Lipinski definition) is 1. The molecule has 0 radical (unpaired) electrons. The molecule has 0 spiro atoms. The number of pyridine rings is 1. The van der Waals surface area contributed by atoms with Gasteiger partial charge in [0.2, 0.25) is 0 Å². The zero-order chi connectivity index (χ0) is 22.0. The van der Waals surface area contributed by atoms with Crippen LogP contribution in [0.1, 0.15) is 22.7 Å². The molecule has 31 heavy (non-hydrogen) atoms. The van der Waals surface area contributed by atoms with Crippen molar-refractivity contribution < 1.29 is 19.4 Å². The number of nitrogens with zero attached hydrogens (tertiary/aromatic N) is 2. The van der Waals surface area contributed by atoms with Crippen molar-refractivity contribution in [3.8, 4) is 5.75 Å². The predicted molar refractivity (Wildman–Crippen MR) is 117 cm³/mol. The first-order valence-corrected chi connectivity index (χ1v) is 9.94. The first-order chi connectivity index (χ1) is 15.0. The van der Waals surface area contributed by atoms with Gasteiger partial charge in [-0.15, -0.1) is 0 Å². The van der Waals surface area contributed by atoms with E-state index in [0.717, 1.165) is 5.56 Å². The second-order valence-electron chi connectivity index (χ2n) is 7.07. The summed E-state index contributed by atoms with van der Waals surface area (Å²) in [5.74, 6) is -1.17. The van der Waals surface area contributed by atoms with Crippen molar-refractivity contribution in [1.29, 1.82) is 0 Å². The van der Waals surface area contributed by atoms with Crippen LogP contribution in [-0.2, 0) is 16.1 Å². The number of carbonyl (C=O) groups is 2. The third-order valence-electron chi connectivity index (χ3n) is 5.14. The molecule has 1 fully saturated rings. The maximum Gasteiger partial charge on any atom is 0.295 e. The fourth-order valence-electron chi connectivity index (χ4n) is 3.65. The van der Waals surface area contributed by atoms with Crippen molar-refractivity contribution in [2.45, 2.75) is 12.6 Å². The first-order valence-electron chi connectivity index (χ1n) is 9.57. The van der Waals surface area contributed by atoms with Gasteiger partial charge in [0, 0.05) is 29.5 Å². The van der Waals surface area contributed by atoms with Crippen LogP contribution in [-0.4, -0.2) is 33.8 Å². The van der Waals surface area contributed by atoms with E-state index < -0.39 is 17.7 Å². The number of halogens is 1. The quantitative estimate of drug-likeness (QED) is 0.366. The van der Waals surface area contributed by atoms with Crippen LogP contribution in [0.3, 0.4) is 0 Å². The van der Waals surface area contributed by atoms with Crippen molar-refractivity contribution >= 4 is 29.1 Å². The van der Waals surface area contributed by atoms with Crippen LogP contribution in [0.15, 0.2) is 78.6 Å². The van der Waals surface area contributed by atoms with Crippen molar-refractivity contribution in [2.24, 2.45) is 0 Å². The highest BCUT2D eigenvalue weighted by Gasteiger charge is 2.46. The second kappa shape index (κ2) is 8.62. The fourth-order valence-corrected chi connectivity index (χ4v) is 3.77. The molecule has 2 aromatic carbocycles. The molecule has 7 heteroatoms. The van der Waals surface area contributed by atoms with E-state index in [1.54, 1.807) is 67.0 Å². The van der Waals surface area contributed by atoms with Gasteiger partial charge in [0.1, 0.15) is 11.5 Å². The number of ether oxygens (including phenoxy) is 1. The fraction of sp³-hybridized carbons (Fsp3) is 0.125. The zero-order valence-corrected chi connectivity index (χ0v) is 17.4. The monoisotopic (exact) mass is 434 g/mol. The van der Waals surface area contributed by atoms with E-state index in [1.165, 1.54) is 12.0 Å². The van der Waals surface area contributed by atoms with Gasteiger partial charge < -0.3 is 14.7 Å². The molecule has 0 unspecified atom stereocenters. The largest absolute Gasteiger partial charge is 0.507 e. The Kier molecular flexibility index (Phi) is 5.73. The Labute approximate surface area is 184 Å². The van der Waals surface area contributed by atoms with Crippen LogP contribution in [0.2, 0.25) is 5.02 Å². The molecule has 156 valence electrons. The number of hydrogen-bond acceptors (Lipinski definition) is 5. The van der Waals surface area contributed by atoms with Crippen LogP contribution < -0.4 is 4.74 Å². The van der Waals surface area contributed by atoms with E-state index in [4.69, 9.17) is 16.3 Å². The summed E-state index contributed by atoms with van der Waals surface area (Å²) in [7, 11) is 1.51. The smallest absolute Gasteiger partial charge is 0.295 e. The van der Waals surface area contributed by atoms with Crippen molar-refractivity contribution in [1.82, 2.24) is 9.88 Å². The maximum atomic E-state index is 13.0. The molecule has 1 aliphatic heterocycles. The minimum absolute atomic E-state index is 0.0180. The SMILES string of the molecule is COc1cccc(C(O)=C2C(=O)C(=O)N(Cc3cccnc3)[C@@H]2c2ccc(Cl)cc2)c1. The third-order valence-corrected chi connectivity index (χ3v) is 5.40. The maximum absolute atomic E-state index is 13.0. The number of rotatable bonds is 5. The molecular weight excluding hydrogens is 416 g/mol. The van der Waals surface area contributed by atoms with Gasteiger partial charge in [-0.2, -0.15) is 0 Å². The first kappa shape index (κ1) is 20.6. The lowest BCUT2D eigenvalue weighted by molar-refractivity contribution is -0.140. The number of benzene rings is 2. The van der Waals surface area contributed by atoms with Gasteiger partial charge >= 0.3 is 0 Å². The van der Waals surface area contributed by atoms with Crippen LogP contribution in [0, 0.1) is 0 Å². The van der Waals surface area contributed by atoms with E-state index in [2.05, 4.69) is 4.98 Å². The van der Waals surface area contributed by atoms with Crippen LogP contribution in [0.4, 0.5) is 0 Å². The average Bonchev–Trinajstić information content (AvgIpc) is 3.05. The molecule has 3 aromatic rings. The zero-order valence-electron chi connectivity index (χ0n) is 16.7. The number of aliphatic hydroxyl groups is 1. The Bertz CT molecular complexity index is 1160. The van der Waals surface area contributed by atoms with Gasteiger partial charge in [0.15, 0.2) is 0 Å². The Hall–Kier alpha value is -3.64. The van der Waals surface area contributed by atoms with Crippen LogP contribution >= 0.6 is 11.6 Å². The molecule has 0 bridgehead atoms. The number of Topliss-reactive ketones (excluding diaryl/α,β-unsaturated/α-hetero) is 1. The number of ketones is 1. The molecule has 1 atom stereocenters. The number of amides is 1. The summed E-state index contributed by atoms with van der Waals surface area (Å²) < 4.78 is 5.22. The summed E-state index contributed by atoms with van der Waals surface area (Å²) in [6.07, 6.45) is 3.28. The highest BCUT2D eigenvalue weighted by molar-refractivity contribution is 6.46. The van der Waals surface area contributed by atoms with Crippen molar-refractivity contribution in [3.63, 3.8) is 0 Å². The second-order valence-corrected chi connectivity index (χ2v) is 7.51. The normalized spacial score (nSPS) is 17.7. The highest BCUT2D eigenvalue weighted by Crippen LogP contribution is 2.40. The van der Waals surface area contributed by atoms with E-state index in [1.807, 2.05) is 6.07 Å². The summed E-state index contributed by atoms with van der Waals surface area (Å²) in [6.45, 7) is 0.167. The minimum atomic E-state index is -0.774. The minimum Gasteiger partial charge on any atom is -0.507 e. The Morgan fingerprint density at radius 2 is 1.90 bits per heavy atom. The van der Waals surface area contributed by atoms with Crippen LogP contribution in [0.25, 0.3) is 5.76 Å². The average molecular weight is 435 g/mol. The summed E-state index contributed by atoms with van der Waals surface area (Å²) in [4.78, 5) is 31.6. The third kappa shape index (κ3) is 4.02. The predicted octanol–water partition coefficient (Wildman–Crippen LogP) is 4.37. The van der Waals surface area contributed by atoms with E-state index in [-0.39, 0.29) is 17.9 Å². The molecular formula is C24H19ClN2O4. The molecule has 1 N–H and O–H groups in total. The van der Waals surface area contributed by atoms with Gasteiger partial charge in [0.25, 0.3) is 11.7 Å². The van der Waals surface area contributed by atoms with Gasteiger partial charge in [-0.1, -0.05) is 41.9 Å². The molecule has 1 aromatic heterocycles. The molecule has 0 saturated carbocycles. The van der Waals surface area contributed by atoms with Crippen LogP contribution in [0.5, 0.6) is 5.75 Å². The molecule has 0 aliphatic carbocycles. The standard InChI is InChI=1S/C24H19ClN2O4/c1-31-19-6-2-5-17(12-19)22(28)20-21(16-7-9-18(25)10-8-16)27(24(30)23(20)29)14-15-4-3-11-26-13-15/h2-13,21,28H,14H2,1H3/t21-/m1/s1. The van der Waals surface area contributed by atoms with Gasteiger partial charge in [-0.3, -0.25) is 14.6 Å². The summed E-state index contributed by atoms with van der Waals surface area (Å²) in [5, 5.41) is 11.6. The summed E-state index contributed by atoms with van der Waals surface area (Å²) in [6, 6.07) is 16.4. The lowest BCUT2D eigenvalue weighted by Gasteiger charge is -2.25. The summed E-state index contributed by atoms with van der Waals surface area (Å²) in [5.41, 5.74) is 1.84. The molecule has 6 nitrogen and oxygen atoms in total. The highest BCUT2D eigenvalue weighted by atomic mass is 35.5. The van der Waals surface area contributed by atoms with E-state index in [0.29, 0.717) is 21.9 Å². The Balaban J connectivity index is 1.86. The Morgan fingerprint density at radius 1 is 1.13 bits per heavy atom. The molecule has 1 saturated heterocycles. The lowest BCUT2D eigenvalue weighted by atomic mass is 9.95. The number of methoxy groups -OCH3 is 1. The van der Waals surface area contributed by atoms with Gasteiger partial charge in [0.05, 0.1) is 18.7 Å². The number of aliphatic hydroxyl groups excluding tert-OH is 1. The Morgan fingerprint density at radius 3 is 2.58 bits per heavy atom. The number of carbonyl (C=O) groups excluding carboxylic acids is 2. The summed E-state index contributed by atoms with van der Waals surface area (Å²) >= 11 is 6.04. The molecule has 1 amide bonds. The molecule has 2 heterocycles. The number of likely N-dealkylation sites (tertiary alicyclic amines) is 1.